The Labute approximate surface area is 102 Å². The Kier molecular flexibility index (Phi) is 2.60. The van der Waals surface area contributed by atoms with Gasteiger partial charge in [-0.15, -0.1) is 0 Å². The van der Waals surface area contributed by atoms with E-state index < -0.39 is 0 Å². The maximum absolute atomic E-state index is 9.35. The van der Waals surface area contributed by atoms with Gasteiger partial charge in [0.1, 0.15) is 5.75 Å². The fourth-order valence-corrected chi connectivity index (χ4v) is 2.81. The molecule has 0 aromatic heterocycles. The lowest BCUT2D eigenvalue weighted by Gasteiger charge is -2.25. The number of aromatic hydroxyl groups is 1. The zero-order valence-electron chi connectivity index (χ0n) is 9.76. The van der Waals surface area contributed by atoms with Crippen LogP contribution in [0.4, 0.5) is 0 Å². The Hall–Kier alpha value is -1.76. The summed E-state index contributed by atoms with van der Waals surface area (Å²) in [7, 11) is 0. The third-order valence-electron chi connectivity index (χ3n) is 3.66. The fraction of sp³-hybridized carbons (Fsp3) is 0.250. The molecule has 0 heterocycles. The first-order chi connectivity index (χ1) is 8.34. The largest absolute Gasteiger partial charge is 0.508 e. The number of phenols is 1. The minimum atomic E-state index is 0.345. The Morgan fingerprint density at radius 2 is 1.71 bits per heavy atom. The molecule has 1 aliphatic carbocycles. The molecule has 0 amide bonds. The number of hydrogen-bond donors (Lipinski definition) is 1. The molecule has 17 heavy (non-hydrogen) atoms. The standard InChI is InChI=1S/C16H16O/c17-14-10-8-13(9-11-14)16-7-3-5-12-4-1-2-6-15(12)16/h1-2,4,6,8-11,16-17H,3,5,7H2/t16-/m0/s1. The number of phenolic OH excluding ortho intramolecular Hbond substituents is 1. The van der Waals surface area contributed by atoms with Crippen LogP contribution >= 0.6 is 0 Å². The molecule has 0 aliphatic heterocycles. The summed E-state index contributed by atoms with van der Waals surface area (Å²) in [4.78, 5) is 0. The van der Waals surface area contributed by atoms with Crippen LogP contribution in [0.2, 0.25) is 0 Å². The smallest absolute Gasteiger partial charge is 0.115 e. The summed E-state index contributed by atoms with van der Waals surface area (Å²) in [6.45, 7) is 0. The Balaban J connectivity index is 2.03. The average molecular weight is 224 g/mol. The van der Waals surface area contributed by atoms with Crippen LogP contribution in [0.5, 0.6) is 5.75 Å². The predicted molar refractivity (Wildman–Crippen MR) is 69.3 cm³/mol. The summed E-state index contributed by atoms with van der Waals surface area (Å²) in [5.41, 5.74) is 4.26. The molecule has 1 nitrogen and oxygen atoms in total. The first-order valence-corrected chi connectivity index (χ1v) is 6.21. The van der Waals surface area contributed by atoms with Gasteiger partial charge >= 0.3 is 0 Å². The minimum absolute atomic E-state index is 0.345. The molecule has 2 aromatic carbocycles. The second-order valence-electron chi connectivity index (χ2n) is 4.74. The van der Waals surface area contributed by atoms with Crippen molar-refractivity contribution in [2.45, 2.75) is 25.2 Å². The molecular weight excluding hydrogens is 208 g/mol. The average Bonchev–Trinajstić information content (AvgIpc) is 2.39. The maximum Gasteiger partial charge on any atom is 0.115 e. The van der Waals surface area contributed by atoms with E-state index in [4.69, 9.17) is 0 Å². The van der Waals surface area contributed by atoms with Crippen molar-refractivity contribution in [3.8, 4) is 5.75 Å². The highest BCUT2D eigenvalue weighted by molar-refractivity contribution is 5.41. The zero-order chi connectivity index (χ0) is 11.7. The predicted octanol–water partition coefficient (Wildman–Crippen LogP) is 3.86. The molecule has 0 fully saturated rings. The van der Waals surface area contributed by atoms with Crippen LogP contribution in [-0.2, 0) is 6.42 Å². The van der Waals surface area contributed by atoms with Gasteiger partial charge in [0.15, 0.2) is 0 Å². The molecule has 1 N–H and O–H groups in total. The summed E-state index contributed by atoms with van der Waals surface area (Å²) in [6, 6.07) is 16.4. The van der Waals surface area contributed by atoms with E-state index in [-0.39, 0.29) is 0 Å². The van der Waals surface area contributed by atoms with Gasteiger partial charge in [0, 0.05) is 5.92 Å². The Morgan fingerprint density at radius 1 is 0.941 bits per heavy atom. The molecule has 2 aromatic rings. The van der Waals surface area contributed by atoms with Gasteiger partial charge in [-0.1, -0.05) is 36.4 Å². The molecule has 1 heteroatoms. The van der Waals surface area contributed by atoms with E-state index in [2.05, 4.69) is 24.3 Å². The summed E-state index contributed by atoms with van der Waals surface area (Å²) in [5.74, 6) is 0.846. The number of rotatable bonds is 1. The number of aryl methyl sites for hydroxylation is 1. The van der Waals surface area contributed by atoms with Gasteiger partial charge in [0.05, 0.1) is 0 Å². The lowest BCUT2D eigenvalue weighted by atomic mass is 9.79. The van der Waals surface area contributed by atoms with Crippen molar-refractivity contribution in [1.29, 1.82) is 0 Å². The van der Waals surface area contributed by atoms with Crippen LogP contribution in [-0.4, -0.2) is 5.11 Å². The summed E-state index contributed by atoms with van der Waals surface area (Å²) in [5, 5.41) is 9.35. The third kappa shape index (κ3) is 1.93. The SMILES string of the molecule is Oc1ccc([C@@H]2CCCc3ccccc32)cc1. The molecule has 0 unspecified atom stereocenters. The van der Waals surface area contributed by atoms with E-state index in [0.717, 1.165) is 0 Å². The van der Waals surface area contributed by atoms with Crippen LogP contribution in [0, 0.1) is 0 Å². The quantitative estimate of drug-likeness (QED) is 0.779. The van der Waals surface area contributed by atoms with Gasteiger partial charge in [-0.05, 0) is 48.1 Å². The van der Waals surface area contributed by atoms with Crippen molar-refractivity contribution in [2.24, 2.45) is 0 Å². The molecule has 0 radical (unpaired) electrons. The van der Waals surface area contributed by atoms with E-state index in [9.17, 15) is 5.11 Å². The highest BCUT2D eigenvalue weighted by Crippen LogP contribution is 2.36. The fourth-order valence-electron chi connectivity index (χ4n) is 2.81. The van der Waals surface area contributed by atoms with Crippen molar-refractivity contribution < 1.29 is 5.11 Å². The second kappa shape index (κ2) is 4.25. The minimum Gasteiger partial charge on any atom is -0.508 e. The molecule has 0 bridgehead atoms. The van der Waals surface area contributed by atoms with Gasteiger partial charge in [-0.2, -0.15) is 0 Å². The molecule has 0 saturated heterocycles. The maximum atomic E-state index is 9.35. The highest BCUT2D eigenvalue weighted by Gasteiger charge is 2.20. The second-order valence-corrected chi connectivity index (χ2v) is 4.74. The molecule has 0 saturated carbocycles. The van der Waals surface area contributed by atoms with Crippen molar-refractivity contribution in [3.05, 3.63) is 65.2 Å². The van der Waals surface area contributed by atoms with Crippen molar-refractivity contribution >= 4 is 0 Å². The third-order valence-corrected chi connectivity index (χ3v) is 3.66. The van der Waals surface area contributed by atoms with E-state index in [1.807, 2.05) is 12.1 Å². The topological polar surface area (TPSA) is 20.2 Å². The van der Waals surface area contributed by atoms with Crippen LogP contribution in [0.15, 0.2) is 48.5 Å². The summed E-state index contributed by atoms with van der Waals surface area (Å²) in [6.07, 6.45) is 3.66. The van der Waals surface area contributed by atoms with E-state index in [1.54, 1.807) is 12.1 Å². The number of benzene rings is 2. The first kappa shape index (κ1) is 10.4. The molecule has 0 spiro atoms. The number of fused-ring (bicyclic) bond motifs is 1. The molecule has 86 valence electrons. The monoisotopic (exact) mass is 224 g/mol. The Morgan fingerprint density at radius 3 is 2.53 bits per heavy atom. The normalized spacial score (nSPS) is 18.7. The molecular formula is C16H16O. The summed E-state index contributed by atoms with van der Waals surface area (Å²) < 4.78 is 0. The van der Waals surface area contributed by atoms with Crippen LogP contribution in [0.3, 0.4) is 0 Å². The van der Waals surface area contributed by atoms with Crippen LogP contribution < -0.4 is 0 Å². The van der Waals surface area contributed by atoms with E-state index >= 15 is 0 Å². The van der Waals surface area contributed by atoms with E-state index in [0.29, 0.717) is 11.7 Å². The van der Waals surface area contributed by atoms with Gasteiger partial charge in [0.25, 0.3) is 0 Å². The van der Waals surface area contributed by atoms with Crippen molar-refractivity contribution in [1.82, 2.24) is 0 Å². The van der Waals surface area contributed by atoms with Gasteiger partial charge in [-0.25, -0.2) is 0 Å². The molecule has 3 rings (SSSR count). The number of hydrogen-bond acceptors (Lipinski definition) is 1. The van der Waals surface area contributed by atoms with Gasteiger partial charge in [-0.3, -0.25) is 0 Å². The lowest BCUT2D eigenvalue weighted by molar-refractivity contribution is 0.474. The Bertz CT molecular complexity index is 513. The van der Waals surface area contributed by atoms with Crippen LogP contribution in [0.1, 0.15) is 35.4 Å². The van der Waals surface area contributed by atoms with Gasteiger partial charge < -0.3 is 5.11 Å². The van der Waals surface area contributed by atoms with Crippen LogP contribution in [0.25, 0.3) is 0 Å². The highest BCUT2D eigenvalue weighted by atomic mass is 16.3. The summed E-state index contributed by atoms with van der Waals surface area (Å²) >= 11 is 0. The molecule has 1 aliphatic rings. The van der Waals surface area contributed by atoms with Crippen molar-refractivity contribution in [3.63, 3.8) is 0 Å². The van der Waals surface area contributed by atoms with E-state index in [1.165, 1.54) is 36.0 Å². The molecule has 1 atom stereocenters. The van der Waals surface area contributed by atoms with Crippen molar-refractivity contribution in [2.75, 3.05) is 0 Å². The first-order valence-electron chi connectivity index (χ1n) is 6.21. The van der Waals surface area contributed by atoms with Gasteiger partial charge in [0.2, 0.25) is 0 Å². The lowest BCUT2D eigenvalue weighted by Crippen LogP contribution is -2.10. The zero-order valence-corrected chi connectivity index (χ0v) is 9.76.